The van der Waals surface area contributed by atoms with Crippen molar-refractivity contribution in [1.29, 1.82) is 0 Å². The Bertz CT molecular complexity index is 365. The standard InChI is InChI=1S/C8H5FN2O/c9-7-5-6(3-4-11-7)1-2-8(10)12/h3-5H,(H2,10,12). The molecule has 1 aromatic heterocycles. The number of pyridine rings is 1. The zero-order valence-electron chi connectivity index (χ0n) is 6.04. The quantitative estimate of drug-likeness (QED) is 0.435. The molecular formula is C8H5FN2O. The molecule has 0 bridgehead atoms. The lowest BCUT2D eigenvalue weighted by Crippen LogP contribution is -2.06. The Morgan fingerprint density at radius 2 is 2.42 bits per heavy atom. The molecule has 3 nitrogen and oxygen atoms in total. The molecule has 0 spiro atoms. The van der Waals surface area contributed by atoms with Crippen molar-refractivity contribution in [2.75, 3.05) is 0 Å². The van der Waals surface area contributed by atoms with Crippen LogP contribution in [0.4, 0.5) is 4.39 Å². The van der Waals surface area contributed by atoms with Crippen LogP contribution in [-0.2, 0) is 4.79 Å². The van der Waals surface area contributed by atoms with Crippen LogP contribution in [-0.4, -0.2) is 10.9 Å². The smallest absolute Gasteiger partial charge is 0.293 e. The number of aromatic nitrogens is 1. The van der Waals surface area contributed by atoms with Crippen LogP contribution < -0.4 is 5.73 Å². The van der Waals surface area contributed by atoms with Crippen LogP contribution in [0.2, 0.25) is 0 Å². The molecule has 0 aliphatic rings. The third-order valence-corrected chi connectivity index (χ3v) is 1.06. The molecular weight excluding hydrogens is 159 g/mol. The highest BCUT2D eigenvalue weighted by Gasteiger charge is 1.91. The Hall–Kier alpha value is -1.89. The van der Waals surface area contributed by atoms with E-state index < -0.39 is 11.9 Å². The number of primary amides is 1. The number of hydrogen-bond acceptors (Lipinski definition) is 2. The summed E-state index contributed by atoms with van der Waals surface area (Å²) in [4.78, 5) is 13.5. The molecule has 0 fully saturated rings. The first-order chi connectivity index (χ1) is 5.68. The first-order valence-electron chi connectivity index (χ1n) is 3.11. The Balaban J connectivity index is 2.92. The van der Waals surface area contributed by atoms with Crippen LogP contribution >= 0.6 is 0 Å². The maximum atomic E-state index is 12.4. The predicted octanol–water partition coefficient (Wildman–Crippen LogP) is 0.0575. The zero-order chi connectivity index (χ0) is 8.97. The fourth-order valence-electron chi connectivity index (χ4n) is 0.614. The summed E-state index contributed by atoms with van der Waals surface area (Å²) in [5.41, 5.74) is 5.13. The highest BCUT2D eigenvalue weighted by Crippen LogP contribution is 1.96. The van der Waals surface area contributed by atoms with Crippen molar-refractivity contribution in [3.05, 3.63) is 29.8 Å². The fraction of sp³-hybridized carbons (Fsp3) is 0. The van der Waals surface area contributed by atoms with Gasteiger partial charge in [-0.3, -0.25) is 4.79 Å². The summed E-state index contributed by atoms with van der Waals surface area (Å²) < 4.78 is 12.4. The maximum Gasteiger partial charge on any atom is 0.293 e. The van der Waals surface area contributed by atoms with Gasteiger partial charge in [-0.05, 0) is 12.0 Å². The normalized spacial score (nSPS) is 8.42. The second-order valence-corrected chi connectivity index (χ2v) is 1.98. The van der Waals surface area contributed by atoms with Gasteiger partial charge in [-0.1, -0.05) is 5.92 Å². The van der Waals surface area contributed by atoms with E-state index in [9.17, 15) is 9.18 Å². The van der Waals surface area contributed by atoms with Crippen LogP contribution in [0.25, 0.3) is 0 Å². The molecule has 0 atom stereocenters. The molecule has 0 saturated carbocycles. The van der Waals surface area contributed by atoms with E-state index in [1.54, 1.807) is 0 Å². The average Bonchev–Trinajstić information content (AvgIpc) is 2.01. The van der Waals surface area contributed by atoms with Crippen LogP contribution in [0.15, 0.2) is 18.3 Å². The zero-order valence-corrected chi connectivity index (χ0v) is 6.04. The lowest BCUT2D eigenvalue weighted by Gasteiger charge is -1.87. The van der Waals surface area contributed by atoms with Crippen LogP contribution in [0.3, 0.4) is 0 Å². The number of nitrogens with two attached hydrogens (primary N) is 1. The van der Waals surface area contributed by atoms with Crippen molar-refractivity contribution in [1.82, 2.24) is 4.98 Å². The van der Waals surface area contributed by atoms with E-state index in [2.05, 4.69) is 16.8 Å². The van der Waals surface area contributed by atoms with E-state index in [-0.39, 0.29) is 0 Å². The maximum absolute atomic E-state index is 12.4. The van der Waals surface area contributed by atoms with Crippen molar-refractivity contribution in [3.8, 4) is 11.8 Å². The Labute approximate surface area is 68.4 Å². The topological polar surface area (TPSA) is 56.0 Å². The van der Waals surface area contributed by atoms with E-state index in [0.29, 0.717) is 5.56 Å². The monoisotopic (exact) mass is 164 g/mol. The first kappa shape index (κ1) is 8.21. The Morgan fingerprint density at radius 3 is 3.00 bits per heavy atom. The van der Waals surface area contributed by atoms with Crippen molar-refractivity contribution in [2.24, 2.45) is 5.73 Å². The molecule has 12 heavy (non-hydrogen) atoms. The molecule has 0 aromatic carbocycles. The van der Waals surface area contributed by atoms with Gasteiger partial charge in [-0.2, -0.15) is 4.39 Å². The minimum atomic E-state index is -0.743. The molecule has 0 saturated heterocycles. The van der Waals surface area contributed by atoms with Crippen LogP contribution in [0.5, 0.6) is 0 Å². The third-order valence-electron chi connectivity index (χ3n) is 1.06. The minimum Gasteiger partial charge on any atom is -0.359 e. The number of carbonyl (C=O) groups excluding carboxylic acids is 1. The molecule has 1 heterocycles. The lowest BCUT2D eigenvalue weighted by atomic mass is 10.3. The number of nitrogens with zero attached hydrogens (tertiary/aromatic N) is 1. The van der Waals surface area contributed by atoms with E-state index in [4.69, 9.17) is 5.73 Å². The van der Waals surface area contributed by atoms with Crippen molar-refractivity contribution >= 4 is 5.91 Å². The Morgan fingerprint density at radius 1 is 1.67 bits per heavy atom. The van der Waals surface area contributed by atoms with Gasteiger partial charge in [0.1, 0.15) is 0 Å². The molecule has 1 aromatic rings. The summed E-state index contributed by atoms with van der Waals surface area (Å²) in [6, 6.07) is 2.61. The van der Waals surface area contributed by atoms with E-state index in [1.165, 1.54) is 12.3 Å². The highest BCUT2D eigenvalue weighted by atomic mass is 19.1. The van der Waals surface area contributed by atoms with Crippen molar-refractivity contribution < 1.29 is 9.18 Å². The third kappa shape index (κ3) is 2.39. The van der Waals surface area contributed by atoms with Crippen molar-refractivity contribution in [3.63, 3.8) is 0 Å². The fourth-order valence-corrected chi connectivity index (χ4v) is 0.614. The van der Waals surface area contributed by atoms with E-state index in [0.717, 1.165) is 6.07 Å². The molecule has 0 unspecified atom stereocenters. The van der Waals surface area contributed by atoms with Gasteiger partial charge in [0.15, 0.2) is 0 Å². The van der Waals surface area contributed by atoms with Gasteiger partial charge in [0, 0.05) is 17.8 Å². The molecule has 60 valence electrons. The van der Waals surface area contributed by atoms with E-state index >= 15 is 0 Å². The second kappa shape index (κ2) is 3.49. The molecule has 1 amide bonds. The molecule has 0 aliphatic carbocycles. The van der Waals surface area contributed by atoms with Crippen molar-refractivity contribution in [2.45, 2.75) is 0 Å². The number of carbonyl (C=O) groups is 1. The predicted molar refractivity (Wildman–Crippen MR) is 40.3 cm³/mol. The van der Waals surface area contributed by atoms with Crippen LogP contribution in [0, 0.1) is 17.8 Å². The lowest BCUT2D eigenvalue weighted by molar-refractivity contribution is -0.112. The summed E-state index contributed by atoms with van der Waals surface area (Å²) in [6.45, 7) is 0. The minimum absolute atomic E-state index is 0.376. The summed E-state index contributed by atoms with van der Waals surface area (Å²) in [7, 11) is 0. The number of amides is 1. The molecule has 0 radical (unpaired) electrons. The number of rotatable bonds is 0. The van der Waals surface area contributed by atoms with Gasteiger partial charge in [-0.15, -0.1) is 0 Å². The summed E-state index contributed by atoms with van der Waals surface area (Å²) >= 11 is 0. The van der Waals surface area contributed by atoms with E-state index in [1.807, 2.05) is 0 Å². The van der Waals surface area contributed by atoms with Gasteiger partial charge in [-0.25, -0.2) is 4.98 Å². The van der Waals surface area contributed by atoms with Gasteiger partial charge in [0.25, 0.3) is 5.91 Å². The number of halogens is 1. The molecule has 1 rings (SSSR count). The summed E-state index contributed by atoms with van der Waals surface area (Å²) in [5.74, 6) is 3.09. The average molecular weight is 164 g/mol. The van der Waals surface area contributed by atoms with Gasteiger partial charge < -0.3 is 5.73 Å². The molecule has 0 aliphatic heterocycles. The Kier molecular flexibility index (Phi) is 2.38. The van der Waals surface area contributed by atoms with Gasteiger partial charge >= 0.3 is 0 Å². The van der Waals surface area contributed by atoms with Gasteiger partial charge in [0.05, 0.1) is 0 Å². The van der Waals surface area contributed by atoms with Gasteiger partial charge in [0.2, 0.25) is 5.95 Å². The highest BCUT2D eigenvalue weighted by molar-refractivity contribution is 5.92. The molecule has 2 N–H and O–H groups in total. The summed E-state index contributed by atoms with van der Waals surface area (Å²) in [6.07, 6.45) is 1.26. The summed E-state index contributed by atoms with van der Waals surface area (Å²) in [5, 5.41) is 0. The van der Waals surface area contributed by atoms with Crippen LogP contribution in [0.1, 0.15) is 5.56 Å². The number of hydrogen-bond donors (Lipinski definition) is 1. The first-order valence-corrected chi connectivity index (χ1v) is 3.11. The SMILES string of the molecule is NC(=O)C#Cc1ccnc(F)c1. The molecule has 4 heteroatoms. The largest absolute Gasteiger partial charge is 0.359 e. The second-order valence-electron chi connectivity index (χ2n) is 1.98.